The summed E-state index contributed by atoms with van der Waals surface area (Å²) in [4.78, 5) is 17.3. The summed E-state index contributed by atoms with van der Waals surface area (Å²) in [6.07, 6.45) is 5.15. The van der Waals surface area contributed by atoms with Crippen LogP contribution < -0.4 is 10.1 Å². The molecule has 0 radical (unpaired) electrons. The van der Waals surface area contributed by atoms with Crippen LogP contribution in [-0.2, 0) is 6.61 Å². The Balaban J connectivity index is 1.49. The van der Waals surface area contributed by atoms with Crippen molar-refractivity contribution < 1.29 is 4.74 Å². The quantitative estimate of drug-likeness (QED) is 0.394. The van der Waals surface area contributed by atoms with Crippen LogP contribution in [0.3, 0.4) is 0 Å². The van der Waals surface area contributed by atoms with Crippen molar-refractivity contribution in [2.45, 2.75) is 11.8 Å². The molecular formula is C20H17N5OS. The molecule has 1 N–H and O–H groups in total. The summed E-state index contributed by atoms with van der Waals surface area (Å²) >= 11 is 1.48. The fourth-order valence-corrected chi connectivity index (χ4v) is 2.88. The summed E-state index contributed by atoms with van der Waals surface area (Å²) in [5, 5.41) is 3.98. The van der Waals surface area contributed by atoms with E-state index in [2.05, 4.69) is 25.3 Å². The number of anilines is 2. The minimum Gasteiger partial charge on any atom is -0.489 e. The Bertz CT molecular complexity index is 1040. The molecule has 6 nitrogen and oxygen atoms in total. The lowest BCUT2D eigenvalue weighted by Gasteiger charge is -2.10. The molecule has 0 spiro atoms. The van der Waals surface area contributed by atoms with E-state index in [0.717, 1.165) is 17.0 Å². The first kappa shape index (κ1) is 17.2. The van der Waals surface area contributed by atoms with Gasteiger partial charge in [0.2, 0.25) is 0 Å². The van der Waals surface area contributed by atoms with E-state index in [-0.39, 0.29) is 0 Å². The third-order valence-corrected chi connectivity index (χ3v) is 4.47. The lowest BCUT2D eigenvalue weighted by molar-refractivity contribution is 0.306. The molecule has 2 aromatic heterocycles. The minimum atomic E-state index is 0.540. The number of ether oxygens (including phenoxy) is 1. The zero-order valence-corrected chi connectivity index (χ0v) is 15.5. The van der Waals surface area contributed by atoms with Gasteiger partial charge in [0.05, 0.1) is 6.20 Å². The normalized spacial score (nSPS) is 10.7. The number of nitrogens with one attached hydrogen (secondary N) is 1. The van der Waals surface area contributed by atoms with Gasteiger partial charge in [0, 0.05) is 5.69 Å². The molecule has 0 bridgehead atoms. The fourth-order valence-electron chi connectivity index (χ4n) is 2.54. The van der Waals surface area contributed by atoms with Crippen molar-refractivity contribution in [3.63, 3.8) is 0 Å². The van der Waals surface area contributed by atoms with Crippen LogP contribution in [0.1, 0.15) is 5.56 Å². The summed E-state index contributed by atoms with van der Waals surface area (Å²) in [5.74, 6) is 1.46. The smallest absolute Gasteiger partial charge is 0.188 e. The maximum Gasteiger partial charge on any atom is 0.188 e. The molecule has 27 heavy (non-hydrogen) atoms. The number of rotatable bonds is 6. The van der Waals surface area contributed by atoms with E-state index in [1.54, 1.807) is 6.20 Å². The number of benzene rings is 2. The van der Waals surface area contributed by atoms with E-state index in [1.165, 1.54) is 18.1 Å². The molecule has 0 saturated carbocycles. The number of hydrogen-bond acceptors (Lipinski definition) is 7. The van der Waals surface area contributed by atoms with Gasteiger partial charge in [0.1, 0.15) is 29.7 Å². The van der Waals surface area contributed by atoms with Gasteiger partial charge in [-0.05, 0) is 36.1 Å². The van der Waals surface area contributed by atoms with Crippen molar-refractivity contribution in [2.24, 2.45) is 0 Å². The zero-order valence-electron chi connectivity index (χ0n) is 14.7. The van der Waals surface area contributed by atoms with Gasteiger partial charge in [-0.25, -0.2) is 19.9 Å². The summed E-state index contributed by atoms with van der Waals surface area (Å²) < 4.78 is 5.82. The third kappa shape index (κ3) is 4.15. The number of fused-ring (bicyclic) bond motifs is 1. The average molecular weight is 375 g/mol. The van der Waals surface area contributed by atoms with Crippen molar-refractivity contribution in [3.05, 3.63) is 72.7 Å². The van der Waals surface area contributed by atoms with E-state index in [9.17, 15) is 0 Å². The van der Waals surface area contributed by atoms with Crippen LogP contribution in [0.15, 0.2) is 72.3 Å². The zero-order chi connectivity index (χ0) is 18.5. The summed E-state index contributed by atoms with van der Waals surface area (Å²) in [6, 6.07) is 17.8. The second-order valence-electron chi connectivity index (χ2n) is 5.74. The first-order valence-corrected chi connectivity index (χ1v) is 9.60. The predicted molar refractivity (Wildman–Crippen MR) is 107 cm³/mol. The van der Waals surface area contributed by atoms with E-state index >= 15 is 0 Å². The Labute approximate surface area is 161 Å². The molecule has 2 heterocycles. The van der Waals surface area contributed by atoms with Gasteiger partial charge in [-0.2, -0.15) is 0 Å². The molecule has 4 aromatic rings. The maximum absolute atomic E-state index is 5.82. The minimum absolute atomic E-state index is 0.540. The summed E-state index contributed by atoms with van der Waals surface area (Å²) in [6.45, 7) is 0.540. The van der Waals surface area contributed by atoms with Crippen molar-refractivity contribution in [3.8, 4) is 5.75 Å². The Morgan fingerprint density at radius 3 is 2.56 bits per heavy atom. The first-order chi connectivity index (χ1) is 13.3. The van der Waals surface area contributed by atoms with Crippen LogP contribution >= 0.6 is 11.8 Å². The fraction of sp³-hybridized carbons (Fsp3) is 0.100. The highest BCUT2D eigenvalue weighted by Gasteiger charge is 2.08. The topological polar surface area (TPSA) is 72.8 Å². The van der Waals surface area contributed by atoms with E-state index in [0.29, 0.717) is 28.6 Å². The van der Waals surface area contributed by atoms with Crippen molar-refractivity contribution in [1.29, 1.82) is 0 Å². The van der Waals surface area contributed by atoms with Crippen LogP contribution in [0.4, 0.5) is 11.5 Å². The lowest BCUT2D eigenvalue weighted by atomic mass is 10.2. The first-order valence-electron chi connectivity index (χ1n) is 8.37. The molecular weight excluding hydrogens is 358 g/mol. The third-order valence-electron chi connectivity index (χ3n) is 3.90. The SMILES string of the molecule is CSc1ncc2ncnc(Nc3ccc(OCc4ccccc4)cc3)c2n1. The standard InChI is InChI=1S/C20H17N5OS/c1-27-20-21-11-17-18(25-20)19(23-13-22-17)24-15-7-9-16(10-8-15)26-12-14-5-3-2-4-6-14/h2-11,13H,12H2,1H3,(H,22,23,24). The second kappa shape index (κ2) is 8.01. The molecule has 0 atom stereocenters. The lowest BCUT2D eigenvalue weighted by Crippen LogP contribution is -1.99. The van der Waals surface area contributed by atoms with E-state index in [1.807, 2.05) is 60.9 Å². The van der Waals surface area contributed by atoms with Gasteiger partial charge in [-0.1, -0.05) is 42.1 Å². The molecule has 0 amide bonds. The Hall–Kier alpha value is -3.19. The summed E-state index contributed by atoms with van der Waals surface area (Å²) in [7, 11) is 0. The number of hydrogen-bond donors (Lipinski definition) is 1. The molecule has 0 unspecified atom stereocenters. The number of nitrogens with zero attached hydrogens (tertiary/aromatic N) is 4. The van der Waals surface area contributed by atoms with Gasteiger partial charge in [-0.15, -0.1) is 0 Å². The molecule has 2 aromatic carbocycles. The molecule has 134 valence electrons. The highest BCUT2D eigenvalue weighted by Crippen LogP contribution is 2.24. The number of aromatic nitrogens is 4. The molecule has 0 fully saturated rings. The monoisotopic (exact) mass is 375 g/mol. The molecule has 0 aliphatic rings. The van der Waals surface area contributed by atoms with Crippen LogP contribution in [0.25, 0.3) is 11.0 Å². The predicted octanol–water partition coefficient (Wildman–Crippen LogP) is 4.46. The average Bonchev–Trinajstić information content (AvgIpc) is 2.74. The van der Waals surface area contributed by atoms with Gasteiger partial charge in [0.25, 0.3) is 0 Å². The maximum atomic E-state index is 5.82. The van der Waals surface area contributed by atoms with Crippen molar-refractivity contribution in [1.82, 2.24) is 19.9 Å². The van der Waals surface area contributed by atoms with Gasteiger partial charge >= 0.3 is 0 Å². The van der Waals surface area contributed by atoms with E-state index < -0.39 is 0 Å². The van der Waals surface area contributed by atoms with Crippen LogP contribution in [0.5, 0.6) is 5.75 Å². The van der Waals surface area contributed by atoms with Crippen molar-refractivity contribution >= 4 is 34.3 Å². The van der Waals surface area contributed by atoms with Crippen LogP contribution in [-0.4, -0.2) is 26.2 Å². The summed E-state index contributed by atoms with van der Waals surface area (Å²) in [5.41, 5.74) is 3.43. The molecule has 7 heteroatoms. The molecule has 0 saturated heterocycles. The van der Waals surface area contributed by atoms with Gasteiger partial charge in [0.15, 0.2) is 11.0 Å². The highest BCUT2D eigenvalue weighted by molar-refractivity contribution is 7.98. The Kier molecular flexibility index (Phi) is 5.11. The van der Waals surface area contributed by atoms with Gasteiger partial charge < -0.3 is 10.1 Å². The van der Waals surface area contributed by atoms with Gasteiger partial charge in [-0.3, -0.25) is 0 Å². The number of thioether (sulfide) groups is 1. The van der Waals surface area contributed by atoms with Crippen molar-refractivity contribution in [2.75, 3.05) is 11.6 Å². The Morgan fingerprint density at radius 1 is 0.963 bits per heavy atom. The molecule has 4 rings (SSSR count). The largest absolute Gasteiger partial charge is 0.489 e. The second-order valence-corrected chi connectivity index (χ2v) is 6.51. The van der Waals surface area contributed by atoms with Crippen LogP contribution in [0, 0.1) is 0 Å². The van der Waals surface area contributed by atoms with E-state index in [4.69, 9.17) is 4.74 Å². The molecule has 0 aliphatic heterocycles. The highest BCUT2D eigenvalue weighted by atomic mass is 32.2. The Morgan fingerprint density at radius 2 is 1.78 bits per heavy atom. The van der Waals surface area contributed by atoms with Crippen LogP contribution in [0.2, 0.25) is 0 Å². The molecule has 0 aliphatic carbocycles.